The van der Waals surface area contributed by atoms with Crippen LogP contribution in [0.3, 0.4) is 0 Å². The molecule has 0 radical (unpaired) electrons. The van der Waals surface area contributed by atoms with Gasteiger partial charge >= 0.3 is 5.69 Å². The minimum atomic E-state index is -0.496. The van der Waals surface area contributed by atoms with E-state index in [2.05, 4.69) is 30.6 Å². The third-order valence-electron chi connectivity index (χ3n) is 7.69. The Hall–Kier alpha value is -3.82. The van der Waals surface area contributed by atoms with E-state index in [-0.39, 0.29) is 17.0 Å². The molecule has 1 fully saturated rings. The van der Waals surface area contributed by atoms with Crippen molar-refractivity contribution in [2.45, 2.75) is 26.3 Å². The van der Waals surface area contributed by atoms with Crippen molar-refractivity contribution in [1.29, 1.82) is 0 Å². The second-order valence-electron chi connectivity index (χ2n) is 11.7. The summed E-state index contributed by atoms with van der Waals surface area (Å²) in [6, 6.07) is 9.62. The van der Waals surface area contributed by atoms with Crippen molar-refractivity contribution < 1.29 is 9.50 Å². The number of imidazole rings is 1. The molecule has 10 heteroatoms. The Bertz CT molecular complexity index is 1650. The molecular formula is C31H36ClFN6O2. The molecule has 5 rings (SSSR count). The highest BCUT2D eigenvalue weighted by molar-refractivity contribution is 6.32. The SMILES string of the molecule is CN(C)c1ncc(-c2cc(F)cc(-c3ccc(-n4ccn(C)c4=O)c(Cl)c3)c2O)cc1N1CCN(C(C)(C)C)CC1. The van der Waals surface area contributed by atoms with Gasteiger partial charge < -0.3 is 19.5 Å². The van der Waals surface area contributed by atoms with Gasteiger partial charge in [0.25, 0.3) is 0 Å². The molecule has 8 nitrogen and oxygen atoms in total. The normalized spacial score (nSPS) is 14.5. The van der Waals surface area contributed by atoms with Gasteiger partial charge in [0.05, 0.1) is 16.4 Å². The van der Waals surface area contributed by atoms with Crippen LogP contribution in [0, 0.1) is 5.82 Å². The molecule has 1 saturated heterocycles. The molecule has 1 N–H and O–H groups in total. The highest BCUT2D eigenvalue weighted by atomic mass is 35.5. The van der Waals surface area contributed by atoms with Crippen molar-refractivity contribution in [1.82, 2.24) is 19.0 Å². The number of nitrogens with zero attached hydrogens (tertiary/aromatic N) is 6. The van der Waals surface area contributed by atoms with Gasteiger partial charge in [0.1, 0.15) is 11.6 Å². The number of phenols is 1. The van der Waals surface area contributed by atoms with Gasteiger partial charge in [-0.15, -0.1) is 0 Å². The fraction of sp³-hybridized carbons (Fsp3) is 0.355. The van der Waals surface area contributed by atoms with Crippen LogP contribution in [0.25, 0.3) is 27.9 Å². The zero-order chi connectivity index (χ0) is 29.6. The Labute approximate surface area is 244 Å². The molecule has 1 aliphatic rings. The molecule has 3 heterocycles. The van der Waals surface area contributed by atoms with Gasteiger partial charge in [0.15, 0.2) is 5.82 Å². The third kappa shape index (κ3) is 5.56. The molecule has 216 valence electrons. The number of rotatable bonds is 5. The zero-order valence-corrected chi connectivity index (χ0v) is 25.1. The maximum atomic E-state index is 15.1. The van der Waals surface area contributed by atoms with E-state index in [0.717, 1.165) is 37.7 Å². The summed E-state index contributed by atoms with van der Waals surface area (Å²) < 4.78 is 17.9. The molecular weight excluding hydrogens is 543 g/mol. The fourth-order valence-corrected chi connectivity index (χ4v) is 5.62. The first kappa shape index (κ1) is 28.7. The number of benzene rings is 2. The largest absolute Gasteiger partial charge is 0.507 e. The van der Waals surface area contributed by atoms with Gasteiger partial charge in [-0.1, -0.05) is 17.7 Å². The maximum Gasteiger partial charge on any atom is 0.332 e. The van der Waals surface area contributed by atoms with Gasteiger partial charge in [-0.2, -0.15) is 0 Å². The van der Waals surface area contributed by atoms with Crippen LogP contribution in [0.15, 0.2) is 59.8 Å². The van der Waals surface area contributed by atoms with Crippen molar-refractivity contribution in [2.24, 2.45) is 7.05 Å². The van der Waals surface area contributed by atoms with Crippen molar-refractivity contribution in [3.63, 3.8) is 0 Å². The molecule has 4 aromatic rings. The van der Waals surface area contributed by atoms with Crippen LogP contribution in [0.5, 0.6) is 5.75 Å². The summed E-state index contributed by atoms with van der Waals surface area (Å²) in [5, 5.41) is 11.7. The lowest BCUT2D eigenvalue weighted by atomic mass is 9.97. The summed E-state index contributed by atoms with van der Waals surface area (Å²) >= 11 is 6.57. The average Bonchev–Trinajstić information content (AvgIpc) is 3.26. The van der Waals surface area contributed by atoms with Crippen molar-refractivity contribution >= 4 is 23.1 Å². The number of aromatic hydroxyl groups is 1. The maximum absolute atomic E-state index is 15.1. The van der Waals surface area contributed by atoms with Crippen molar-refractivity contribution in [2.75, 3.05) is 50.1 Å². The highest BCUT2D eigenvalue weighted by Gasteiger charge is 2.28. The van der Waals surface area contributed by atoms with E-state index in [9.17, 15) is 9.90 Å². The predicted molar refractivity (Wildman–Crippen MR) is 164 cm³/mol. The number of piperazine rings is 1. The second kappa shape index (κ2) is 10.9. The van der Waals surface area contributed by atoms with E-state index in [1.807, 2.05) is 25.1 Å². The van der Waals surface area contributed by atoms with Crippen LogP contribution in [-0.4, -0.2) is 69.9 Å². The Balaban J connectivity index is 1.53. The topological polar surface area (TPSA) is 69.8 Å². The van der Waals surface area contributed by atoms with E-state index in [1.165, 1.54) is 21.3 Å². The minimum absolute atomic E-state index is 0.0741. The number of halogens is 2. The van der Waals surface area contributed by atoms with Crippen molar-refractivity contribution in [3.05, 3.63) is 76.3 Å². The van der Waals surface area contributed by atoms with Gasteiger partial charge in [0.2, 0.25) is 0 Å². The molecule has 2 aromatic carbocycles. The molecule has 0 spiro atoms. The lowest BCUT2D eigenvalue weighted by Gasteiger charge is -2.43. The standard InChI is InChI=1S/C31H36ClFN6O2/c1-31(2,3)38-12-10-37(11-13-38)27-16-21(19-34-29(27)35(4)5)24-18-22(33)17-23(28(24)40)20-7-8-26(25(32)15-20)39-14-9-36(6)30(39)41/h7-9,14-19,40H,10-13H2,1-6H3. The minimum Gasteiger partial charge on any atom is -0.507 e. The van der Waals surface area contributed by atoms with Crippen LogP contribution < -0.4 is 15.5 Å². The van der Waals surface area contributed by atoms with Crippen molar-refractivity contribution in [3.8, 4) is 33.7 Å². The Kier molecular flexibility index (Phi) is 7.61. The first-order chi connectivity index (χ1) is 19.3. The van der Waals surface area contributed by atoms with Crippen LogP contribution >= 0.6 is 11.6 Å². The molecule has 0 amide bonds. The number of anilines is 2. The van der Waals surface area contributed by atoms with E-state index in [4.69, 9.17) is 16.6 Å². The quantitative estimate of drug-likeness (QED) is 0.342. The number of hydrogen-bond donors (Lipinski definition) is 1. The fourth-order valence-electron chi connectivity index (χ4n) is 5.35. The summed E-state index contributed by atoms with van der Waals surface area (Å²) in [5.74, 6) is 0.243. The van der Waals surface area contributed by atoms with Gasteiger partial charge in [-0.3, -0.25) is 9.47 Å². The number of hydrogen-bond acceptors (Lipinski definition) is 6. The number of pyridine rings is 1. The molecule has 0 atom stereocenters. The van der Waals surface area contributed by atoms with Crippen LogP contribution in [-0.2, 0) is 7.05 Å². The Morgan fingerprint density at radius 3 is 2.17 bits per heavy atom. The molecule has 2 aromatic heterocycles. The molecule has 1 aliphatic heterocycles. The van der Waals surface area contributed by atoms with E-state index >= 15 is 4.39 Å². The summed E-state index contributed by atoms with van der Waals surface area (Å²) in [4.78, 5) is 23.9. The third-order valence-corrected chi connectivity index (χ3v) is 7.99. The van der Waals surface area contributed by atoms with E-state index in [0.29, 0.717) is 33.0 Å². The first-order valence-electron chi connectivity index (χ1n) is 13.6. The number of phenolic OH excluding ortho intramolecular Hbond substituents is 1. The Morgan fingerprint density at radius 2 is 1.61 bits per heavy atom. The molecule has 0 saturated carbocycles. The number of aromatic nitrogens is 3. The van der Waals surface area contributed by atoms with Crippen LogP contribution in [0.4, 0.5) is 15.9 Å². The number of aryl methyl sites for hydroxylation is 1. The van der Waals surface area contributed by atoms with E-state index in [1.54, 1.807) is 43.8 Å². The van der Waals surface area contributed by atoms with Gasteiger partial charge in [-0.25, -0.2) is 14.2 Å². The second-order valence-corrected chi connectivity index (χ2v) is 12.1. The summed E-state index contributed by atoms with van der Waals surface area (Å²) in [5.41, 5.74) is 3.07. The molecule has 41 heavy (non-hydrogen) atoms. The van der Waals surface area contributed by atoms with E-state index < -0.39 is 5.82 Å². The smallest absolute Gasteiger partial charge is 0.332 e. The summed E-state index contributed by atoms with van der Waals surface area (Å²) in [6.45, 7) is 10.2. The monoisotopic (exact) mass is 578 g/mol. The Morgan fingerprint density at radius 1 is 0.951 bits per heavy atom. The van der Waals surface area contributed by atoms with Crippen LogP contribution in [0.1, 0.15) is 20.8 Å². The summed E-state index contributed by atoms with van der Waals surface area (Å²) in [6.07, 6.45) is 4.94. The van der Waals surface area contributed by atoms with Gasteiger partial charge in [0, 0.05) is 88.1 Å². The summed E-state index contributed by atoms with van der Waals surface area (Å²) in [7, 11) is 5.56. The first-order valence-corrected chi connectivity index (χ1v) is 14.0. The zero-order valence-electron chi connectivity index (χ0n) is 24.3. The average molecular weight is 579 g/mol. The lowest BCUT2D eigenvalue weighted by Crippen LogP contribution is -2.53. The molecule has 0 unspecified atom stereocenters. The predicted octanol–water partition coefficient (Wildman–Crippen LogP) is 5.39. The molecule has 0 aliphatic carbocycles. The van der Waals surface area contributed by atoms with Gasteiger partial charge in [-0.05, 0) is 56.7 Å². The molecule has 0 bridgehead atoms. The van der Waals surface area contributed by atoms with Crippen LogP contribution in [0.2, 0.25) is 5.02 Å². The lowest BCUT2D eigenvalue weighted by molar-refractivity contribution is 0.128. The highest BCUT2D eigenvalue weighted by Crippen LogP contribution is 2.42.